The first-order valence-electron chi connectivity index (χ1n) is 8.61. The summed E-state index contributed by atoms with van der Waals surface area (Å²) in [6, 6.07) is 7.76. The number of hydrogen-bond donors (Lipinski definition) is 1. The number of aromatic nitrogens is 2. The summed E-state index contributed by atoms with van der Waals surface area (Å²) in [6.45, 7) is 0. The number of fused-ring (bicyclic) bond motifs is 1. The Hall–Kier alpha value is -2.50. The average molecular weight is 501 g/mol. The highest BCUT2D eigenvalue weighted by Gasteiger charge is 2.65. The van der Waals surface area contributed by atoms with Crippen LogP contribution in [-0.4, -0.2) is 35.4 Å². The standard InChI is InChI=1S/C19H12Cl2F6N2O3/c1-31-17(19(25,26)27,9-5-3-2-4-6-9)16(30)32-14(18(22,23)24)15-28-12-7-10(20)11(21)8-13(12)29-15/h2-8,14H,1H3,(H,28,29)/t14?,17-/m1/s1. The molecule has 0 amide bonds. The number of hydrogen-bond acceptors (Lipinski definition) is 4. The monoisotopic (exact) mass is 500 g/mol. The van der Waals surface area contributed by atoms with E-state index in [-0.39, 0.29) is 21.1 Å². The Kier molecular flexibility index (Phi) is 6.38. The summed E-state index contributed by atoms with van der Waals surface area (Å²) in [6.07, 6.45) is -13.9. The van der Waals surface area contributed by atoms with Crippen LogP contribution in [0.1, 0.15) is 17.5 Å². The normalized spacial score (nSPS) is 15.4. The Morgan fingerprint density at radius 1 is 1.03 bits per heavy atom. The number of H-pyrrole nitrogens is 1. The van der Waals surface area contributed by atoms with Crippen molar-refractivity contribution in [2.24, 2.45) is 0 Å². The number of ether oxygens (including phenoxy) is 2. The van der Waals surface area contributed by atoms with E-state index in [0.29, 0.717) is 7.11 Å². The Bertz CT molecular complexity index is 1090. The van der Waals surface area contributed by atoms with E-state index in [2.05, 4.69) is 19.4 Å². The molecule has 1 heterocycles. The molecule has 0 saturated heterocycles. The Balaban J connectivity index is 2.09. The SMILES string of the molecule is CO[C@@](C(=O)OC(c1nc2cc(Cl)c(Cl)cc2[nH]1)C(F)(F)F)(c1ccccc1)C(F)(F)F. The van der Waals surface area contributed by atoms with Gasteiger partial charge in [0, 0.05) is 12.7 Å². The molecule has 3 rings (SSSR count). The predicted octanol–water partition coefficient (Wildman–Crippen LogP) is 6.12. The zero-order valence-corrected chi connectivity index (χ0v) is 17.3. The molecule has 0 saturated carbocycles. The maximum atomic E-state index is 14.0. The summed E-state index contributed by atoms with van der Waals surface area (Å²) in [4.78, 5) is 18.6. The molecular formula is C19H12Cl2F6N2O3. The van der Waals surface area contributed by atoms with Crippen LogP contribution < -0.4 is 0 Å². The summed E-state index contributed by atoms with van der Waals surface area (Å²) in [7, 11) is 0.537. The minimum Gasteiger partial charge on any atom is -0.442 e. The van der Waals surface area contributed by atoms with Gasteiger partial charge in [0.15, 0.2) is 5.82 Å². The van der Waals surface area contributed by atoms with Crippen LogP contribution in [0.25, 0.3) is 11.0 Å². The van der Waals surface area contributed by atoms with E-state index < -0.39 is 41.4 Å². The topological polar surface area (TPSA) is 64.2 Å². The molecule has 172 valence electrons. The molecule has 0 bridgehead atoms. The highest BCUT2D eigenvalue weighted by molar-refractivity contribution is 6.42. The number of carbonyl (C=O) groups excluding carboxylic acids is 1. The number of carbonyl (C=O) groups is 1. The lowest BCUT2D eigenvalue weighted by atomic mass is 9.92. The van der Waals surface area contributed by atoms with E-state index in [0.717, 1.165) is 30.3 Å². The molecule has 13 heteroatoms. The van der Waals surface area contributed by atoms with Crippen molar-refractivity contribution >= 4 is 40.2 Å². The van der Waals surface area contributed by atoms with Gasteiger partial charge in [-0.05, 0) is 12.1 Å². The maximum Gasteiger partial charge on any atom is 0.432 e. The second kappa shape index (κ2) is 8.45. The quantitative estimate of drug-likeness (QED) is 0.338. The molecular weight excluding hydrogens is 489 g/mol. The fraction of sp³-hybridized carbons (Fsp3) is 0.263. The zero-order valence-electron chi connectivity index (χ0n) is 15.8. The second-order valence-electron chi connectivity index (χ2n) is 6.48. The molecule has 0 aliphatic heterocycles. The van der Waals surface area contributed by atoms with E-state index in [1.54, 1.807) is 0 Å². The molecule has 5 nitrogen and oxygen atoms in total. The molecule has 1 unspecified atom stereocenters. The van der Waals surface area contributed by atoms with Crippen LogP contribution in [0.4, 0.5) is 26.3 Å². The van der Waals surface area contributed by atoms with E-state index in [4.69, 9.17) is 23.2 Å². The molecule has 0 spiro atoms. The largest absolute Gasteiger partial charge is 0.442 e. The molecule has 1 N–H and O–H groups in total. The molecule has 1 aromatic heterocycles. The molecule has 0 radical (unpaired) electrons. The van der Waals surface area contributed by atoms with Crippen molar-refractivity contribution < 1.29 is 40.6 Å². The van der Waals surface area contributed by atoms with Crippen LogP contribution in [-0.2, 0) is 19.9 Å². The van der Waals surface area contributed by atoms with Gasteiger partial charge < -0.3 is 14.5 Å². The van der Waals surface area contributed by atoms with Crippen molar-refractivity contribution in [3.8, 4) is 0 Å². The summed E-state index contributed by atoms with van der Waals surface area (Å²) in [5, 5.41) is -0.0215. The number of nitrogens with one attached hydrogen (secondary N) is 1. The number of rotatable bonds is 5. The summed E-state index contributed by atoms with van der Waals surface area (Å²) in [5.74, 6) is -3.29. The van der Waals surface area contributed by atoms with Crippen LogP contribution in [0.3, 0.4) is 0 Å². The van der Waals surface area contributed by atoms with Gasteiger partial charge in [0.05, 0.1) is 21.1 Å². The van der Waals surface area contributed by atoms with Crippen LogP contribution in [0.15, 0.2) is 42.5 Å². The smallest absolute Gasteiger partial charge is 0.432 e. The lowest BCUT2D eigenvalue weighted by Gasteiger charge is -2.33. The van der Waals surface area contributed by atoms with Gasteiger partial charge in [0.2, 0.25) is 0 Å². The Morgan fingerprint density at radius 2 is 1.62 bits per heavy atom. The minimum absolute atomic E-state index is 0.00316. The summed E-state index contributed by atoms with van der Waals surface area (Å²) < 4.78 is 91.9. The van der Waals surface area contributed by atoms with E-state index in [1.165, 1.54) is 12.1 Å². The minimum atomic E-state index is -5.45. The van der Waals surface area contributed by atoms with Gasteiger partial charge in [0.25, 0.3) is 11.7 Å². The number of alkyl halides is 6. The van der Waals surface area contributed by atoms with Crippen LogP contribution in [0.5, 0.6) is 0 Å². The van der Waals surface area contributed by atoms with Gasteiger partial charge in [-0.2, -0.15) is 26.3 Å². The summed E-state index contributed by atoms with van der Waals surface area (Å²) in [5.41, 5.74) is -4.65. The lowest BCUT2D eigenvalue weighted by molar-refractivity contribution is -0.289. The number of benzene rings is 2. The van der Waals surface area contributed by atoms with Gasteiger partial charge in [0.1, 0.15) is 0 Å². The molecule has 2 aromatic carbocycles. The van der Waals surface area contributed by atoms with Crippen molar-refractivity contribution in [1.82, 2.24) is 9.97 Å². The Morgan fingerprint density at radius 3 is 2.16 bits per heavy atom. The van der Waals surface area contributed by atoms with Crippen molar-refractivity contribution in [1.29, 1.82) is 0 Å². The molecule has 0 fully saturated rings. The van der Waals surface area contributed by atoms with Crippen LogP contribution >= 0.6 is 23.2 Å². The van der Waals surface area contributed by atoms with E-state index in [1.807, 2.05) is 0 Å². The average Bonchev–Trinajstić information content (AvgIpc) is 3.08. The first kappa shape index (κ1) is 24.1. The molecule has 32 heavy (non-hydrogen) atoms. The first-order valence-corrected chi connectivity index (χ1v) is 9.36. The third kappa shape index (κ3) is 4.24. The van der Waals surface area contributed by atoms with Gasteiger partial charge in [-0.25, -0.2) is 9.78 Å². The fourth-order valence-corrected chi connectivity index (χ4v) is 3.33. The third-order valence-electron chi connectivity index (χ3n) is 4.49. The molecule has 2 atom stereocenters. The van der Waals surface area contributed by atoms with Gasteiger partial charge >= 0.3 is 18.3 Å². The number of halogens is 8. The fourth-order valence-electron chi connectivity index (χ4n) is 3.00. The lowest BCUT2D eigenvalue weighted by Crippen LogP contribution is -2.52. The zero-order chi connectivity index (χ0) is 23.9. The Labute approximate surface area is 186 Å². The number of imidazole rings is 1. The predicted molar refractivity (Wildman–Crippen MR) is 102 cm³/mol. The first-order chi connectivity index (χ1) is 14.8. The maximum absolute atomic E-state index is 14.0. The van der Waals surface area contributed by atoms with Gasteiger partial charge in [-0.3, -0.25) is 0 Å². The number of methoxy groups -OCH3 is 1. The van der Waals surface area contributed by atoms with Gasteiger partial charge in [-0.15, -0.1) is 0 Å². The van der Waals surface area contributed by atoms with Crippen molar-refractivity contribution in [3.63, 3.8) is 0 Å². The van der Waals surface area contributed by atoms with Crippen molar-refractivity contribution in [3.05, 3.63) is 63.9 Å². The van der Waals surface area contributed by atoms with Crippen LogP contribution in [0.2, 0.25) is 10.0 Å². The highest BCUT2D eigenvalue weighted by Crippen LogP contribution is 2.45. The van der Waals surface area contributed by atoms with Crippen LogP contribution in [0, 0.1) is 0 Å². The second-order valence-corrected chi connectivity index (χ2v) is 7.30. The van der Waals surface area contributed by atoms with Gasteiger partial charge in [-0.1, -0.05) is 53.5 Å². The highest BCUT2D eigenvalue weighted by atomic mass is 35.5. The molecule has 3 aromatic rings. The number of esters is 1. The number of nitrogens with zero attached hydrogens (tertiary/aromatic N) is 1. The summed E-state index contributed by atoms with van der Waals surface area (Å²) >= 11 is 11.6. The molecule has 0 aliphatic carbocycles. The van der Waals surface area contributed by atoms with E-state index in [9.17, 15) is 31.1 Å². The van der Waals surface area contributed by atoms with Crippen molar-refractivity contribution in [2.45, 2.75) is 24.1 Å². The molecule has 0 aliphatic rings. The third-order valence-corrected chi connectivity index (χ3v) is 5.21. The van der Waals surface area contributed by atoms with E-state index >= 15 is 0 Å². The number of aromatic amines is 1. The van der Waals surface area contributed by atoms with Crippen molar-refractivity contribution in [2.75, 3.05) is 7.11 Å².